The van der Waals surface area contributed by atoms with Crippen LogP contribution in [0.1, 0.15) is 46.9 Å². The monoisotopic (exact) mass is 243 g/mol. The van der Waals surface area contributed by atoms with Gasteiger partial charge >= 0.3 is 0 Å². The van der Waals surface area contributed by atoms with Crippen LogP contribution in [0, 0.1) is 11.3 Å². The summed E-state index contributed by atoms with van der Waals surface area (Å²) in [4.78, 5) is 0. The number of hydrogen-bond donors (Lipinski definition) is 0. The van der Waals surface area contributed by atoms with Gasteiger partial charge in [0.05, 0.1) is 0 Å². The quantitative estimate of drug-likeness (QED) is 0.792. The molecule has 1 aromatic heterocycles. The minimum Gasteiger partial charge on any atom is -0.301 e. The Bertz CT molecular complexity index is 342. The molecule has 0 spiro atoms. The van der Waals surface area contributed by atoms with E-state index in [2.05, 4.69) is 44.8 Å². The first-order valence-corrected chi connectivity index (χ1v) is 6.34. The number of halogens is 1. The summed E-state index contributed by atoms with van der Waals surface area (Å²) in [6, 6.07) is 0. The number of hydrogen-bond acceptors (Lipinski definition) is 2. The lowest BCUT2D eigenvalue weighted by Gasteiger charge is -2.30. The number of aryl methyl sites for hydroxylation is 1. The number of rotatable bonds is 5. The zero-order valence-electron chi connectivity index (χ0n) is 10.9. The van der Waals surface area contributed by atoms with Crippen LogP contribution in [0.25, 0.3) is 0 Å². The minimum absolute atomic E-state index is 0.203. The predicted octanol–water partition coefficient (Wildman–Crippen LogP) is 3.57. The van der Waals surface area contributed by atoms with Crippen molar-refractivity contribution >= 4 is 11.6 Å². The molecule has 0 saturated carbocycles. The second-order valence-corrected chi connectivity index (χ2v) is 5.70. The van der Waals surface area contributed by atoms with E-state index in [-0.39, 0.29) is 5.41 Å². The summed E-state index contributed by atoms with van der Waals surface area (Å²) in [5.74, 6) is 1.60. The van der Waals surface area contributed by atoms with Gasteiger partial charge in [0.2, 0.25) is 5.28 Å². The first-order chi connectivity index (χ1) is 7.38. The Morgan fingerprint density at radius 3 is 2.44 bits per heavy atom. The summed E-state index contributed by atoms with van der Waals surface area (Å²) in [6.45, 7) is 12.0. The number of aromatic nitrogens is 3. The van der Waals surface area contributed by atoms with Crippen molar-refractivity contribution in [3.63, 3.8) is 0 Å². The Balaban J connectivity index is 2.91. The third-order valence-corrected chi connectivity index (χ3v) is 3.66. The van der Waals surface area contributed by atoms with Gasteiger partial charge in [0, 0.05) is 13.0 Å². The van der Waals surface area contributed by atoms with Crippen molar-refractivity contribution in [3.05, 3.63) is 11.1 Å². The molecular weight excluding hydrogens is 222 g/mol. The molecule has 0 N–H and O–H groups in total. The highest BCUT2D eigenvalue weighted by Gasteiger charge is 2.25. The normalized spacial score (nSPS) is 12.4. The molecular formula is C12H22ClN3. The fourth-order valence-electron chi connectivity index (χ4n) is 1.47. The van der Waals surface area contributed by atoms with Crippen LogP contribution >= 0.6 is 11.6 Å². The molecule has 1 aromatic rings. The second kappa shape index (κ2) is 5.17. The van der Waals surface area contributed by atoms with Crippen LogP contribution in [0.4, 0.5) is 0 Å². The third kappa shape index (κ3) is 2.97. The average Bonchev–Trinajstić information content (AvgIpc) is 2.50. The lowest BCUT2D eigenvalue weighted by atomic mass is 9.81. The molecule has 0 aliphatic rings. The molecule has 0 radical (unpaired) electrons. The Morgan fingerprint density at radius 1 is 1.31 bits per heavy atom. The van der Waals surface area contributed by atoms with Crippen molar-refractivity contribution < 1.29 is 0 Å². The molecule has 16 heavy (non-hydrogen) atoms. The molecule has 0 aliphatic carbocycles. The van der Waals surface area contributed by atoms with Gasteiger partial charge in [0.15, 0.2) is 0 Å². The summed E-state index contributed by atoms with van der Waals surface area (Å²) < 4.78 is 2.05. The lowest BCUT2D eigenvalue weighted by Crippen LogP contribution is -2.26. The Morgan fingerprint density at radius 2 is 1.94 bits per heavy atom. The Hall–Kier alpha value is -0.570. The van der Waals surface area contributed by atoms with Crippen LogP contribution in [0.15, 0.2) is 0 Å². The third-order valence-electron chi connectivity index (χ3n) is 3.38. The van der Waals surface area contributed by atoms with E-state index in [1.54, 1.807) is 0 Å². The summed E-state index contributed by atoms with van der Waals surface area (Å²) in [7, 11) is 0. The molecule has 3 nitrogen and oxygen atoms in total. The van der Waals surface area contributed by atoms with Crippen molar-refractivity contribution in [1.29, 1.82) is 0 Å². The minimum atomic E-state index is 0.203. The van der Waals surface area contributed by atoms with Crippen molar-refractivity contribution in [2.24, 2.45) is 11.3 Å². The molecule has 92 valence electrons. The average molecular weight is 244 g/mol. The van der Waals surface area contributed by atoms with E-state index in [1.165, 1.54) is 0 Å². The van der Waals surface area contributed by atoms with Gasteiger partial charge in [-0.15, -0.1) is 10.2 Å². The summed E-state index contributed by atoms with van der Waals surface area (Å²) in [6.07, 6.45) is 2.00. The van der Waals surface area contributed by atoms with Crippen molar-refractivity contribution in [1.82, 2.24) is 14.8 Å². The van der Waals surface area contributed by atoms with Crippen molar-refractivity contribution in [3.8, 4) is 0 Å². The highest BCUT2D eigenvalue weighted by atomic mass is 35.5. The SMILES string of the molecule is CCCc1nnc(Cl)n1CC(C)(C)C(C)C. The number of nitrogens with zero attached hydrogens (tertiary/aromatic N) is 3. The fraction of sp³-hybridized carbons (Fsp3) is 0.833. The van der Waals surface area contributed by atoms with Crippen LogP contribution < -0.4 is 0 Å². The molecule has 1 rings (SSSR count). The maximum atomic E-state index is 6.08. The van der Waals surface area contributed by atoms with E-state index >= 15 is 0 Å². The van der Waals surface area contributed by atoms with Gasteiger partial charge in [-0.3, -0.25) is 0 Å². The predicted molar refractivity (Wildman–Crippen MR) is 67.6 cm³/mol. The summed E-state index contributed by atoms with van der Waals surface area (Å²) in [5.41, 5.74) is 0.203. The Kier molecular flexibility index (Phi) is 4.36. The molecule has 0 saturated heterocycles. The van der Waals surface area contributed by atoms with Crippen LogP contribution in [-0.2, 0) is 13.0 Å². The molecule has 0 unspecified atom stereocenters. The smallest absolute Gasteiger partial charge is 0.225 e. The van der Waals surface area contributed by atoms with Gasteiger partial charge in [0.1, 0.15) is 5.82 Å². The Labute approximate surface area is 103 Å². The first-order valence-electron chi connectivity index (χ1n) is 5.96. The van der Waals surface area contributed by atoms with E-state index < -0.39 is 0 Å². The molecule has 0 amide bonds. The molecule has 0 aliphatic heterocycles. The van der Waals surface area contributed by atoms with Gasteiger partial charge in [-0.2, -0.15) is 0 Å². The lowest BCUT2D eigenvalue weighted by molar-refractivity contribution is 0.207. The van der Waals surface area contributed by atoms with Gasteiger partial charge < -0.3 is 4.57 Å². The van der Waals surface area contributed by atoms with Gasteiger partial charge in [-0.25, -0.2) is 0 Å². The van der Waals surface area contributed by atoms with E-state index in [0.717, 1.165) is 25.2 Å². The van der Waals surface area contributed by atoms with Crippen LogP contribution in [0.5, 0.6) is 0 Å². The summed E-state index contributed by atoms with van der Waals surface area (Å²) in [5, 5.41) is 8.60. The molecule has 0 aromatic carbocycles. The standard InChI is InChI=1S/C12H22ClN3/c1-6-7-10-14-15-11(13)16(10)8-12(4,5)9(2)3/h9H,6-8H2,1-5H3. The van der Waals surface area contributed by atoms with Crippen molar-refractivity contribution in [2.45, 2.75) is 54.0 Å². The highest BCUT2D eigenvalue weighted by molar-refractivity contribution is 6.28. The fourth-order valence-corrected chi connectivity index (χ4v) is 1.66. The zero-order chi connectivity index (χ0) is 12.3. The maximum Gasteiger partial charge on any atom is 0.225 e. The van der Waals surface area contributed by atoms with E-state index in [1.807, 2.05) is 4.57 Å². The maximum absolute atomic E-state index is 6.08. The van der Waals surface area contributed by atoms with Gasteiger partial charge in [-0.1, -0.05) is 34.6 Å². The van der Waals surface area contributed by atoms with Crippen molar-refractivity contribution in [2.75, 3.05) is 0 Å². The molecule has 0 fully saturated rings. The second-order valence-electron chi connectivity index (χ2n) is 5.36. The molecule has 0 atom stereocenters. The zero-order valence-corrected chi connectivity index (χ0v) is 11.7. The molecule has 0 bridgehead atoms. The van der Waals surface area contributed by atoms with Crippen LogP contribution in [0.2, 0.25) is 5.28 Å². The topological polar surface area (TPSA) is 30.7 Å². The van der Waals surface area contributed by atoms with E-state index in [0.29, 0.717) is 11.2 Å². The van der Waals surface area contributed by atoms with E-state index in [9.17, 15) is 0 Å². The molecule has 1 heterocycles. The first kappa shape index (κ1) is 13.5. The van der Waals surface area contributed by atoms with E-state index in [4.69, 9.17) is 11.6 Å². The molecule has 4 heteroatoms. The van der Waals surface area contributed by atoms with Gasteiger partial charge in [0.25, 0.3) is 0 Å². The van der Waals surface area contributed by atoms with Crippen LogP contribution in [-0.4, -0.2) is 14.8 Å². The van der Waals surface area contributed by atoms with Crippen LogP contribution in [0.3, 0.4) is 0 Å². The summed E-state index contributed by atoms with van der Waals surface area (Å²) >= 11 is 6.08. The largest absolute Gasteiger partial charge is 0.301 e. The highest BCUT2D eigenvalue weighted by Crippen LogP contribution is 2.29. The van der Waals surface area contributed by atoms with Gasteiger partial charge in [-0.05, 0) is 29.4 Å².